The maximum absolute atomic E-state index is 11.9. The molecule has 0 aromatic heterocycles. The predicted molar refractivity (Wildman–Crippen MR) is 85.4 cm³/mol. The second-order valence-electron chi connectivity index (χ2n) is 7.89. The van der Waals surface area contributed by atoms with E-state index >= 15 is 0 Å². The minimum atomic E-state index is -0.421. The van der Waals surface area contributed by atoms with Gasteiger partial charge in [0.15, 0.2) is 0 Å². The first-order chi connectivity index (χ1) is 9.83. The van der Waals surface area contributed by atoms with Gasteiger partial charge in [0.2, 0.25) is 0 Å². The van der Waals surface area contributed by atoms with E-state index in [2.05, 4.69) is 17.6 Å². The molecule has 4 unspecified atom stereocenters. The highest BCUT2D eigenvalue weighted by molar-refractivity contribution is 5.68. The summed E-state index contributed by atoms with van der Waals surface area (Å²) in [7, 11) is 0. The van der Waals surface area contributed by atoms with Crippen molar-refractivity contribution in [1.29, 1.82) is 0 Å². The molecule has 0 radical (unpaired) electrons. The summed E-state index contributed by atoms with van der Waals surface area (Å²) in [6, 6.07) is 1.47. The van der Waals surface area contributed by atoms with E-state index < -0.39 is 5.60 Å². The molecule has 0 aromatic carbocycles. The zero-order chi connectivity index (χ0) is 15.5. The van der Waals surface area contributed by atoms with Crippen LogP contribution in [0.1, 0.15) is 72.6 Å². The van der Waals surface area contributed by atoms with Gasteiger partial charge in [0.05, 0.1) is 0 Å². The lowest BCUT2D eigenvalue weighted by atomic mass is 9.90. The van der Waals surface area contributed by atoms with Gasteiger partial charge in [0.25, 0.3) is 0 Å². The summed E-state index contributed by atoms with van der Waals surface area (Å²) < 4.78 is 5.36. The average molecular weight is 296 g/mol. The van der Waals surface area contributed by atoms with Gasteiger partial charge in [-0.15, -0.1) is 0 Å². The molecule has 0 spiro atoms. The molecule has 0 heterocycles. The van der Waals surface area contributed by atoms with Crippen LogP contribution in [-0.4, -0.2) is 29.8 Å². The highest BCUT2D eigenvalue weighted by atomic mass is 16.6. The number of ether oxygens (including phenoxy) is 1. The maximum atomic E-state index is 11.9. The fraction of sp³-hybridized carbons (Fsp3) is 0.941. The average Bonchev–Trinajstić information content (AvgIpc) is 2.73. The summed E-state index contributed by atoms with van der Waals surface area (Å²) in [6.07, 6.45) is 8.24. The summed E-state index contributed by atoms with van der Waals surface area (Å²) in [5, 5.41) is 6.87. The van der Waals surface area contributed by atoms with Gasteiger partial charge >= 0.3 is 6.09 Å². The van der Waals surface area contributed by atoms with Crippen molar-refractivity contribution < 1.29 is 9.53 Å². The maximum Gasteiger partial charge on any atom is 0.407 e. The molecule has 0 aliphatic heterocycles. The Morgan fingerprint density at radius 2 is 1.71 bits per heavy atom. The lowest BCUT2D eigenvalue weighted by Crippen LogP contribution is -2.48. The number of hydrogen-bond donors (Lipinski definition) is 2. The monoisotopic (exact) mass is 296 g/mol. The van der Waals surface area contributed by atoms with E-state index in [1.165, 1.54) is 32.1 Å². The molecule has 4 atom stereocenters. The van der Waals surface area contributed by atoms with Gasteiger partial charge in [-0.2, -0.15) is 0 Å². The molecule has 2 aliphatic carbocycles. The SMILES string of the molecule is CC1CCCC1NC1CCCC(NC(=O)OC(C)(C)C)C1. The van der Waals surface area contributed by atoms with Gasteiger partial charge < -0.3 is 15.4 Å². The third-order valence-electron chi connectivity index (χ3n) is 4.71. The molecule has 2 fully saturated rings. The fourth-order valence-corrected chi connectivity index (χ4v) is 3.64. The summed E-state index contributed by atoms with van der Waals surface area (Å²) in [4.78, 5) is 11.9. The van der Waals surface area contributed by atoms with Crippen LogP contribution in [0.3, 0.4) is 0 Å². The van der Waals surface area contributed by atoms with Crippen LogP contribution in [0.15, 0.2) is 0 Å². The largest absolute Gasteiger partial charge is 0.444 e. The molecule has 2 N–H and O–H groups in total. The molecule has 0 saturated heterocycles. The molecule has 21 heavy (non-hydrogen) atoms. The van der Waals surface area contributed by atoms with Crippen molar-refractivity contribution in [3.05, 3.63) is 0 Å². The van der Waals surface area contributed by atoms with Crippen molar-refractivity contribution in [3.63, 3.8) is 0 Å². The van der Waals surface area contributed by atoms with Crippen LogP contribution < -0.4 is 10.6 Å². The van der Waals surface area contributed by atoms with Crippen molar-refractivity contribution in [2.45, 2.75) is 96.4 Å². The van der Waals surface area contributed by atoms with Gasteiger partial charge in [0.1, 0.15) is 5.60 Å². The molecule has 2 rings (SSSR count). The second-order valence-corrected chi connectivity index (χ2v) is 7.89. The van der Waals surface area contributed by atoms with Crippen LogP contribution in [-0.2, 0) is 4.74 Å². The molecule has 0 aromatic rings. The number of alkyl carbamates (subject to hydrolysis) is 1. The first kappa shape index (κ1) is 16.6. The first-order valence-electron chi connectivity index (χ1n) is 8.59. The van der Waals surface area contributed by atoms with Crippen molar-refractivity contribution in [2.75, 3.05) is 0 Å². The quantitative estimate of drug-likeness (QED) is 0.836. The predicted octanol–water partition coefficient (Wildman–Crippen LogP) is 3.60. The second kappa shape index (κ2) is 6.99. The Bertz CT molecular complexity index is 351. The number of carbonyl (C=O) groups is 1. The van der Waals surface area contributed by atoms with Gasteiger partial charge in [-0.05, 0) is 65.2 Å². The third-order valence-corrected chi connectivity index (χ3v) is 4.71. The van der Waals surface area contributed by atoms with Gasteiger partial charge in [0, 0.05) is 18.1 Å². The van der Waals surface area contributed by atoms with Crippen LogP contribution in [0.4, 0.5) is 4.79 Å². The molecule has 4 nitrogen and oxygen atoms in total. The van der Waals surface area contributed by atoms with Gasteiger partial charge in [-0.25, -0.2) is 4.79 Å². The van der Waals surface area contributed by atoms with E-state index in [4.69, 9.17) is 4.74 Å². The number of hydrogen-bond acceptors (Lipinski definition) is 3. The van der Waals surface area contributed by atoms with Crippen LogP contribution >= 0.6 is 0 Å². The summed E-state index contributed by atoms with van der Waals surface area (Å²) in [5.41, 5.74) is -0.421. The van der Waals surface area contributed by atoms with Crippen LogP contribution in [0.5, 0.6) is 0 Å². The van der Waals surface area contributed by atoms with Gasteiger partial charge in [-0.3, -0.25) is 0 Å². The number of amides is 1. The summed E-state index contributed by atoms with van der Waals surface area (Å²) in [5.74, 6) is 0.796. The van der Waals surface area contributed by atoms with Gasteiger partial charge in [-0.1, -0.05) is 13.3 Å². The Balaban J connectivity index is 1.76. The topological polar surface area (TPSA) is 50.4 Å². The van der Waals surface area contributed by atoms with E-state index in [0.717, 1.165) is 18.8 Å². The van der Waals surface area contributed by atoms with Crippen molar-refractivity contribution in [3.8, 4) is 0 Å². The lowest BCUT2D eigenvalue weighted by Gasteiger charge is -2.33. The number of nitrogens with one attached hydrogen (secondary N) is 2. The third kappa shape index (κ3) is 5.50. The lowest BCUT2D eigenvalue weighted by molar-refractivity contribution is 0.0487. The number of rotatable bonds is 3. The molecule has 122 valence electrons. The Morgan fingerprint density at radius 3 is 2.33 bits per heavy atom. The Hall–Kier alpha value is -0.770. The fourth-order valence-electron chi connectivity index (χ4n) is 3.64. The molecule has 1 amide bonds. The zero-order valence-electron chi connectivity index (χ0n) is 14.1. The smallest absolute Gasteiger partial charge is 0.407 e. The van der Waals surface area contributed by atoms with Crippen LogP contribution in [0.2, 0.25) is 0 Å². The standard InChI is InChI=1S/C17H32N2O2/c1-12-7-5-10-15(12)18-13-8-6-9-14(11-13)19-16(20)21-17(2,3)4/h12-15,18H,5-11H2,1-4H3,(H,19,20). The van der Waals surface area contributed by atoms with E-state index in [9.17, 15) is 4.79 Å². The van der Waals surface area contributed by atoms with Crippen molar-refractivity contribution >= 4 is 6.09 Å². The van der Waals surface area contributed by atoms with Crippen molar-refractivity contribution in [2.24, 2.45) is 5.92 Å². The van der Waals surface area contributed by atoms with E-state index in [1.54, 1.807) is 0 Å². The summed E-state index contributed by atoms with van der Waals surface area (Å²) >= 11 is 0. The van der Waals surface area contributed by atoms with E-state index in [1.807, 2.05) is 20.8 Å². The first-order valence-corrected chi connectivity index (χ1v) is 8.59. The Kier molecular flexibility index (Phi) is 5.53. The molecule has 2 saturated carbocycles. The molecule has 0 bridgehead atoms. The van der Waals surface area contributed by atoms with Crippen LogP contribution in [0, 0.1) is 5.92 Å². The molecular formula is C17H32N2O2. The van der Waals surface area contributed by atoms with Crippen LogP contribution in [0.25, 0.3) is 0 Å². The Morgan fingerprint density at radius 1 is 1.05 bits per heavy atom. The van der Waals surface area contributed by atoms with E-state index in [-0.39, 0.29) is 12.1 Å². The molecule has 4 heteroatoms. The highest BCUT2D eigenvalue weighted by Crippen LogP contribution is 2.27. The summed E-state index contributed by atoms with van der Waals surface area (Å²) in [6.45, 7) is 8.06. The normalized spacial score (nSPS) is 33.7. The van der Waals surface area contributed by atoms with Crippen molar-refractivity contribution in [1.82, 2.24) is 10.6 Å². The highest BCUT2D eigenvalue weighted by Gasteiger charge is 2.29. The minimum Gasteiger partial charge on any atom is -0.444 e. The van der Waals surface area contributed by atoms with E-state index in [0.29, 0.717) is 12.1 Å². The Labute approximate surface area is 129 Å². The minimum absolute atomic E-state index is 0.253. The zero-order valence-corrected chi connectivity index (χ0v) is 14.1. The number of carbonyl (C=O) groups excluding carboxylic acids is 1. The molecule has 2 aliphatic rings. The molecular weight excluding hydrogens is 264 g/mol.